The van der Waals surface area contributed by atoms with Gasteiger partial charge in [0.2, 0.25) is 11.8 Å². The third-order valence-electron chi connectivity index (χ3n) is 3.36. The van der Waals surface area contributed by atoms with E-state index in [2.05, 4.69) is 21.1 Å². The second-order valence-electron chi connectivity index (χ2n) is 5.31. The molecule has 2 rings (SSSR count). The quantitative estimate of drug-likeness (QED) is 0.421. The molecule has 8 nitrogen and oxygen atoms in total. The average Bonchev–Trinajstić information content (AvgIpc) is 2.69. The molecule has 0 aliphatic carbocycles. The van der Waals surface area contributed by atoms with Crippen LogP contribution in [-0.4, -0.2) is 38.5 Å². The number of benzene rings is 2. The molecule has 27 heavy (non-hydrogen) atoms. The molecule has 0 fully saturated rings. The molecule has 0 saturated carbocycles. The Balaban J connectivity index is 1.73. The van der Waals surface area contributed by atoms with Gasteiger partial charge in [0.05, 0.1) is 26.6 Å². The number of ether oxygens (including phenoxy) is 2. The predicted molar refractivity (Wildman–Crippen MR) is 102 cm³/mol. The minimum absolute atomic E-state index is 0.389. The Kier molecular flexibility index (Phi) is 7.52. The SMILES string of the molecule is COc1ccc(/C=N/NC(=O)CC(=O)N/N=C/c2ccc(OC)cc2)cc1. The third kappa shape index (κ3) is 6.99. The smallest absolute Gasteiger partial charge is 0.249 e. The molecule has 0 spiro atoms. The normalized spacial score (nSPS) is 10.7. The number of rotatable bonds is 8. The van der Waals surface area contributed by atoms with Gasteiger partial charge in [-0.2, -0.15) is 10.2 Å². The van der Waals surface area contributed by atoms with E-state index < -0.39 is 11.8 Å². The maximum atomic E-state index is 11.7. The van der Waals surface area contributed by atoms with Crippen LogP contribution in [0.15, 0.2) is 58.7 Å². The molecule has 2 amide bonds. The van der Waals surface area contributed by atoms with E-state index >= 15 is 0 Å². The molecule has 0 bridgehead atoms. The Labute approximate surface area is 156 Å². The van der Waals surface area contributed by atoms with E-state index in [4.69, 9.17) is 9.47 Å². The van der Waals surface area contributed by atoms with Gasteiger partial charge in [-0.15, -0.1) is 0 Å². The minimum atomic E-state index is -0.545. The highest BCUT2D eigenvalue weighted by Crippen LogP contribution is 2.10. The lowest BCUT2D eigenvalue weighted by Crippen LogP contribution is -2.27. The van der Waals surface area contributed by atoms with Crippen LogP contribution in [0.5, 0.6) is 11.5 Å². The van der Waals surface area contributed by atoms with Crippen LogP contribution in [0.2, 0.25) is 0 Å². The van der Waals surface area contributed by atoms with Crippen LogP contribution in [0.3, 0.4) is 0 Å². The number of hydrazone groups is 2. The summed E-state index contributed by atoms with van der Waals surface area (Å²) in [6, 6.07) is 14.2. The van der Waals surface area contributed by atoms with Crippen LogP contribution in [0.1, 0.15) is 17.5 Å². The topological polar surface area (TPSA) is 101 Å². The lowest BCUT2D eigenvalue weighted by Gasteiger charge is -2.01. The number of nitrogens with zero attached hydrogens (tertiary/aromatic N) is 2. The van der Waals surface area contributed by atoms with Crippen LogP contribution >= 0.6 is 0 Å². The molecule has 2 aromatic carbocycles. The van der Waals surface area contributed by atoms with Gasteiger partial charge in [0.1, 0.15) is 17.9 Å². The Morgan fingerprint density at radius 1 is 0.778 bits per heavy atom. The summed E-state index contributed by atoms with van der Waals surface area (Å²) in [5, 5.41) is 7.60. The standard InChI is InChI=1S/C19H20N4O4/c1-26-16-7-3-14(4-8-16)12-20-22-18(24)11-19(25)23-21-13-15-5-9-17(27-2)10-6-15/h3-10,12-13H,11H2,1-2H3,(H,22,24)(H,23,25)/b20-12+,21-13+. The van der Waals surface area contributed by atoms with Gasteiger partial charge < -0.3 is 9.47 Å². The summed E-state index contributed by atoms with van der Waals surface area (Å²) in [6.45, 7) is 0. The molecule has 0 aliphatic heterocycles. The van der Waals surface area contributed by atoms with Gasteiger partial charge in [0, 0.05) is 0 Å². The van der Waals surface area contributed by atoms with Gasteiger partial charge in [-0.05, 0) is 59.7 Å². The van der Waals surface area contributed by atoms with E-state index in [1.165, 1.54) is 12.4 Å². The lowest BCUT2D eigenvalue weighted by molar-refractivity contribution is -0.129. The van der Waals surface area contributed by atoms with E-state index in [1.807, 2.05) is 0 Å². The number of carbonyl (C=O) groups is 2. The molecule has 0 unspecified atom stereocenters. The van der Waals surface area contributed by atoms with Crippen LogP contribution in [0.25, 0.3) is 0 Å². The van der Waals surface area contributed by atoms with E-state index in [0.717, 1.165) is 22.6 Å². The van der Waals surface area contributed by atoms with Crippen molar-refractivity contribution in [2.45, 2.75) is 6.42 Å². The molecule has 0 aliphatic rings. The first kappa shape index (κ1) is 19.6. The molecule has 0 radical (unpaired) electrons. The minimum Gasteiger partial charge on any atom is -0.497 e. The number of methoxy groups -OCH3 is 2. The van der Waals surface area contributed by atoms with Gasteiger partial charge in [0.25, 0.3) is 0 Å². The van der Waals surface area contributed by atoms with E-state index in [1.54, 1.807) is 62.8 Å². The Morgan fingerprint density at radius 3 is 1.48 bits per heavy atom. The van der Waals surface area contributed by atoms with E-state index in [9.17, 15) is 9.59 Å². The molecule has 140 valence electrons. The monoisotopic (exact) mass is 368 g/mol. The number of nitrogens with one attached hydrogen (secondary N) is 2. The first-order valence-corrected chi connectivity index (χ1v) is 8.02. The van der Waals surface area contributed by atoms with Crippen molar-refractivity contribution in [2.75, 3.05) is 14.2 Å². The first-order chi connectivity index (χ1) is 13.1. The molecule has 2 N–H and O–H groups in total. The number of amides is 2. The van der Waals surface area contributed by atoms with Gasteiger partial charge in [0.15, 0.2) is 0 Å². The van der Waals surface area contributed by atoms with Gasteiger partial charge in [-0.3, -0.25) is 9.59 Å². The number of hydrogen-bond acceptors (Lipinski definition) is 6. The maximum absolute atomic E-state index is 11.7. The average molecular weight is 368 g/mol. The molecule has 2 aromatic rings. The zero-order valence-corrected chi connectivity index (χ0v) is 15.0. The van der Waals surface area contributed by atoms with Crippen LogP contribution in [-0.2, 0) is 9.59 Å². The highest BCUT2D eigenvalue weighted by Gasteiger charge is 2.07. The van der Waals surface area contributed by atoms with Crippen LogP contribution in [0.4, 0.5) is 0 Å². The van der Waals surface area contributed by atoms with Crippen molar-refractivity contribution in [3.8, 4) is 11.5 Å². The van der Waals surface area contributed by atoms with Gasteiger partial charge >= 0.3 is 0 Å². The molecule has 8 heteroatoms. The predicted octanol–water partition coefficient (Wildman–Crippen LogP) is 1.69. The Hall–Kier alpha value is -3.68. The summed E-state index contributed by atoms with van der Waals surface area (Å²) in [5.74, 6) is 0.361. The van der Waals surface area contributed by atoms with Crippen molar-refractivity contribution >= 4 is 24.2 Å². The first-order valence-electron chi connectivity index (χ1n) is 8.02. The largest absolute Gasteiger partial charge is 0.497 e. The summed E-state index contributed by atoms with van der Waals surface area (Å²) in [4.78, 5) is 23.4. The van der Waals surface area contributed by atoms with Crippen molar-refractivity contribution in [1.82, 2.24) is 10.9 Å². The van der Waals surface area contributed by atoms with Crippen molar-refractivity contribution in [1.29, 1.82) is 0 Å². The third-order valence-corrected chi connectivity index (χ3v) is 3.36. The lowest BCUT2D eigenvalue weighted by atomic mass is 10.2. The highest BCUT2D eigenvalue weighted by atomic mass is 16.5. The highest BCUT2D eigenvalue weighted by molar-refractivity contribution is 5.97. The molecule has 0 heterocycles. The van der Waals surface area contributed by atoms with Crippen molar-refractivity contribution in [3.05, 3.63) is 59.7 Å². The van der Waals surface area contributed by atoms with Gasteiger partial charge in [-0.1, -0.05) is 0 Å². The fourth-order valence-corrected chi connectivity index (χ4v) is 1.96. The fraction of sp³-hybridized carbons (Fsp3) is 0.158. The number of carbonyl (C=O) groups excluding carboxylic acids is 2. The fourth-order valence-electron chi connectivity index (χ4n) is 1.96. The van der Waals surface area contributed by atoms with Crippen molar-refractivity contribution in [2.24, 2.45) is 10.2 Å². The summed E-state index contributed by atoms with van der Waals surface area (Å²) >= 11 is 0. The van der Waals surface area contributed by atoms with Crippen LogP contribution < -0.4 is 20.3 Å². The summed E-state index contributed by atoms with van der Waals surface area (Å²) < 4.78 is 10.1. The molecule has 0 atom stereocenters. The zero-order valence-electron chi connectivity index (χ0n) is 15.0. The van der Waals surface area contributed by atoms with Crippen molar-refractivity contribution in [3.63, 3.8) is 0 Å². The molecular formula is C19H20N4O4. The molecular weight excluding hydrogens is 348 g/mol. The zero-order chi connectivity index (χ0) is 19.5. The van der Waals surface area contributed by atoms with E-state index in [0.29, 0.717) is 0 Å². The number of hydrogen-bond donors (Lipinski definition) is 2. The van der Waals surface area contributed by atoms with Gasteiger partial charge in [-0.25, -0.2) is 10.9 Å². The Morgan fingerprint density at radius 2 is 1.15 bits per heavy atom. The summed E-state index contributed by atoms with van der Waals surface area (Å²) in [6.07, 6.45) is 2.55. The van der Waals surface area contributed by atoms with Crippen molar-refractivity contribution < 1.29 is 19.1 Å². The summed E-state index contributed by atoms with van der Waals surface area (Å²) in [5.41, 5.74) is 6.13. The Bertz CT molecular complexity index is 745. The van der Waals surface area contributed by atoms with E-state index in [-0.39, 0.29) is 6.42 Å². The molecule has 0 saturated heterocycles. The second-order valence-corrected chi connectivity index (χ2v) is 5.31. The summed E-state index contributed by atoms with van der Waals surface area (Å²) in [7, 11) is 3.16. The maximum Gasteiger partial charge on any atom is 0.249 e. The second kappa shape index (κ2) is 10.3. The van der Waals surface area contributed by atoms with Crippen LogP contribution in [0, 0.1) is 0 Å². The molecule has 0 aromatic heterocycles.